The Morgan fingerprint density at radius 2 is 2.37 bits per heavy atom. The Labute approximate surface area is 120 Å². The Hall–Kier alpha value is -1.46. The monoisotopic (exact) mass is 373 g/mol. The van der Waals surface area contributed by atoms with Gasteiger partial charge < -0.3 is 20.3 Å². The van der Waals surface area contributed by atoms with Crippen molar-refractivity contribution >= 4 is 39.6 Å². The van der Waals surface area contributed by atoms with Gasteiger partial charge in [-0.25, -0.2) is 19.5 Å². The minimum atomic E-state index is -1.02. The second-order valence-electron chi connectivity index (χ2n) is 4.22. The Morgan fingerprint density at radius 3 is 3.11 bits per heavy atom. The summed E-state index contributed by atoms with van der Waals surface area (Å²) in [6.07, 6.45) is 2.91. The zero-order valence-electron chi connectivity index (χ0n) is 9.45. The van der Waals surface area contributed by atoms with Gasteiger partial charge in [-0.05, 0) is 6.08 Å². The molecule has 2 aliphatic rings. The molecule has 2 aromatic rings. The van der Waals surface area contributed by atoms with Gasteiger partial charge in [0.15, 0.2) is 26.6 Å². The first-order chi connectivity index (χ1) is 9.14. The van der Waals surface area contributed by atoms with Gasteiger partial charge in [-0.15, -0.1) is 0 Å². The molecule has 0 bridgehead atoms. The van der Waals surface area contributed by atoms with E-state index < -0.39 is 5.91 Å². The van der Waals surface area contributed by atoms with Crippen LogP contribution in [0.15, 0.2) is 18.2 Å². The van der Waals surface area contributed by atoms with Crippen LogP contribution in [-0.4, -0.2) is 37.3 Å². The van der Waals surface area contributed by atoms with E-state index in [9.17, 15) is 0 Å². The Bertz CT molecular complexity index is 729. The molecule has 9 heteroatoms. The standard InChI is InChI=1S/C10H8IN5O3/c11-9-14-7(12)6-8(15-9)16(3-13-6)10-5(19-10)1-4(2-17)18-10/h1,3-4,17H,2H2,(H2,12,14,15)/t4-,10-/m0/s1. The van der Waals surface area contributed by atoms with Crippen molar-refractivity contribution in [2.75, 3.05) is 12.3 Å². The quantitative estimate of drug-likeness (QED) is 0.431. The van der Waals surface area contributed by atoms with E-state index in [1.807, 2.05) is 22.6 Å². The fourth-order valence-electron chi connectivity index (χ4n) is 2.18. The van der Waals surface area contributed by atoms with Crippen molar-refractivity contribution in [3.63, 3.8) is 0 Å². The molecule has 98 valence electrons. The lowest BCUT2D eigenvalue weighted by Crippen LogP contribution is -2.25. The van der Waals surface area contributed by atoms with Crippen LogP contribution in [0.2, 0.25) is 0 Å². The number of rotatable bonds is 2. The molecule has 2 aromatic heterocycles. The topological polar surface area (TPSA) is 112 Å². The number of fused-ring (bicyclic) bond motifs is 2. The fourth-order valence-corrected chi connectivity index (χ4v) is 2.67. The number of hydrogen-bond acceptors (Lipinski definition) is 7. The molecule has 0 aromatic carbocycles. The van der Waals surface area contributed by atoms with E-state index in [-0.39, 0.29) is 12.7 Å². The molecule has 0 spiro atoms. The van der Waals surface area contributed by atoms with Gasteiger partial charge in [0, 0.05) is 22.6 Å². The highest BCUT2D eigenvalue weighted by atomic mass is 127. The number of epoxide rings is 1. The highest BCUT2D eigenvalue weighted by Crippen LogP contribution is 2.53. The third-order valence-electron chi connectivity index (χ3n) is 3.06. The third-order valence-corrected chi connectivity index (χ3v) is 3.54. The average Bonchev–Trinajstić information content (AvgIpc) is 2.75. The van der Waals surface area contributed by atoms with Gasteiger partial charge in [-0.1, -0.05) is 0 Å². The molecule has 0 saturated carbocycles. The number of nitrogens with zero attached hydrogens (tertiary/aromatic N) is 4. The van der Waals surface area contributed by atoms with Crippen molar-refractivity contribution < 1.29 is 14.6 Å². The number of imidazole rings is 1. The fraction of sp³-hybridized carbons (Fsp3) is 0.300. The van der Waals surface area contributed by atoms with Crippen LogP contribution in [-0.2, 0) is 15.4 Å². The molecule has 1 fully saturated rings. The van der Waals surface area contributed by atoms with E-state index in [0.29, 0.717) is 26.6 Å². The Balaban J connectivity index is 1.88. The molecule has 1 saturated heterocycles. The maximum atomic E-state index is 9.12. The second kappa shape index (κ2) is 3.55. The normalized spacial score (nSPS) is 28.1. The molecule has 0 aliphatic carbocycles. The molecule has 2 atom stereocenters. The summed E-state index contributed by atoms with van der Waals surface area (Å²) < 4.78 is 13.3. The first kappa shape index (κ1) is 11.4. The SMILES string of the molecule is Nc1nc(I)nc2c1ncn2[C@@]12OC1=C[C@@H](CO)O2. The van der Waals surface area contributed by atoms with Crippen LogP contribution < -0.4 is 5.73 Å². The summed E-state index contributed by atoms with van der Waals surface area (Å²) in [5.41, 5.74) is 6.85. The van der Waals surface area contributed by atoms with Crippen LogP contribution in [0.4, 0.5) is 5.82 Å². The second-order valence-corrected chi connectivity index (χ2v) is 5.18. The third kappa shape index (κ3) is 1.42. The van der Waals surface area contributed by atoms with Gasteiger partial charge in [0.25, 0.3) is 0 Å². The number of aliphatic hydroxyl groups is 1. The number of ether oxygens (including phenoxy) is 2. The van der Waals surface area contributed by atoms with Crippen molar-refractivity contribution in [3.8, 4) is 0 Å². The molecule has 4 rings (SSSR count). The maximum absolute atomic E-state index is 9.12. The number of aliphatic hydroxyl groups excluding tert-OH is 1. The lowest BCUT2D eigenvalue weighted by Gasteiger charge is -2.14. The lowest BCUT2D eigenvalue weighted by atomic mass is 10.4. The number of anilines is 1. The number of nitrogens with two attached hydrogens (primary N) is 1. The molecule has 4 heterocycles. The van der Waals surface area contributed by atoms with Crippen LogP contribution in [0, 0.1) is 3.83 Å². The van der Waals surface area contributed by atoms with Crippen LogP contribution in [0.25, 0.3) is 11.2 Å². The van der Waals surface area contributed by atoms with Gasteiger partial charge in [0.05, 0.1) is 6.61 Å². The highest BCUT2D eigenvalue weighted by Gasteiger charge is 2.63. The Kier molecular flexibility index (Phi) is 2.13. The average molecular weight is 373 g/mol. The first-order valence-corrected chi connectivity index (χ1v) is 6.58. The van der Waals surface area contributed by atoms with Gasteiger partial charge in [-0.2, -0.15) is 0 Å². The lowest BCUT2D eigenvalue weighted by molar-refractivity contribution is -0.130. The van der Waals surface area contributed by atoms with Crippen molar-refractivity contribution in [1.29, 1.82) is 0 Å². The number of nitrogen functional groups attached to an aromatic ring is 1. The number of hydrogen-bond donors (Lipinski definition) is 2. The molecular formula is C10H8IN5O3. The maximum Gasteiger partial charge on any atom is 0.364 e. The minimum absolute atomic E-state index is 0.101. The summed E-state index contributed by atoms with van der Waals surface area (Å²) in [6, 6.07) is 0. The van der Waals surface area contributed by atoms with Crippen LogP contribution >= 0.6 is 22.6 Å². The van der Waals surface area contributed by atoms with Gasteiger partial charge in [0.2, 0.25) is 0 Å². The summed E-state index contributed by atoms with van der Waals surface area (Å²) in [5, 5.41) is 9.12. The van der Waals surface area contributed by atoms with E-state index in [4.69, 9.17) is 20.3 Å². The predicted molar refractivity (Wildman–Crippen MR) is 71.6 cm³/mol. The van der Waals surface area contributed by atoms with E-state index in [2.05, 4.69) is 15.0 Å². The van der Waals surface area contributed by atoms with E-state index >= 15 is 0 Å². The van der Waals surface area contributed by atoms with Crippen molar-refractivity contribution in [2.45, 2.75) is 12.0 Å². The number of aromatic nitrogens is 4. The molecule has 0 radical (unpaired) electrons. The molecule has 0 unspecified atom stereocenters. The summed E-state index contributed by atoms with van der Waals surface area (Å²) in [7, 11) is 0. The van der Waals surface area contributed by atoms with Gasteiger partial charge >= 0.3 is 5.91 Å². The largest absolute Gasteiger partial charge is 0.433 e. The van der Waals surface area contributed by atoms with E-state index in [1.165, 1.54) is 0 Å². The highest BCUT2D eigenvalue weighted by molar-refractivity contribution is 14.1. The summed E-state index contributed by atoms with van der Waals surface area (Å²) >= 11 is 1.98. The van der Waals surface area contributed by atoms with Crippen LogP contribution in [0.3, 0.4) is 0 Å². The van der Waals surface area contributed by atoms with E-state index in [0.717, 1.165) is 0 Å². The zero-order chi connectivity index (χ0) is 13.2. The van der Waals surface area contributed by atoms with Crippen LogP contribution in [0.5, 0.6) is 0 Å². The smallest absolute Gasteiger partial charge is 0.364 e. The van der Waals surface area contributed by atoms with Gasteiger partial charge in [-0.3, -0.25) is 0 Å². The summed E-state index contributed by atoms with van der Waals surface area (Å²) in [4.78, 5) is 12.5. The number of halogens is 1. The minimum Gasteiger partial charge on any atom is -0.433 e. The Morgan fingerprint density at radius 1 is 1.53 bits per heavy atom. The molecular weight excluding hydrogens is 365 g/mol. The van der Waals surface area contributed by atoms with E-state index in [1.54, 1.807) is 17.0 Å². The summed E-state index contributed by atoms with van der Waals surface area (Å²) in [6.45, 7) is -0.101. The summed E-state index contributed by atoms with van der Waals surface area (Å²) in [5.74, 6) is -0.0584. The molecule has 8 nitrogen and oxygen atoms in total. The molecule has 0 amide bonds. The first-order valence-electron chi connectivity index (χ1n) is 5.50. The van der Waals surface area contributed by atoms with Crippen molar-refractivity contribution in [3.05, 3.63) is 22.0 Å². The predicted octanol–water partition coefficient (Wildman–Crippen LogP) is -0.0714. The molecule has 2 aliphatic heterocycles. The van der Waals surface area contributed by atoms with Crippen molar-refractivity contribution in [2.24, 2.45) is 0 Å². The van der Waals surface area contributed by atoms with Crippen LogP contribution in [0.1, 0.15) is 0 Å². The molecule has 3 N–H and O–H groups in total. The zero-order valence-corrected chi connectivity index (χ0v) is 11.6. The van der Waals surface area contributed by atoms with Gasteiger partial charge in [0.1, 0.15) is 12.4 Å². The molecule has 19 heavy (non-hydrogen) atoms. The van der Waals surface area contributed by atoms with Crippen molar-refractivity contribution in [1.82, 2.24) is 19.5 Å².